The number of nitrogens with zero attached hydrogens (tertiary/aromatic N) is 2. The maximum absolute atomic E-state index is 11.2. The first-order valence-corrected chi connectivity index (χ1v) is 5.67. The van der Waals surface area contributed by atoms with E-state index in [0.717, 1.165) is 17.4 Å². The summed E-state index contributed by atoms with van der Waals surface area (Å²) in [5.74, 6) is 0. The number of nitrogens with one attached hydrogen (secondary N) is 2. The van der Waals surface area contributed by atoms with Gasteiger partial charge in [-0.25, -0.2) is 9.97 Å². The molecule has 3 aromatic heterocycles. The average Bonchev–Trinajstić information content (AvgIpc) is 3.01. The molecule has 0 aliphatic carbocycles. The maximum Gasteiger partial charge on any atom is 0.177 e. The zero-order valence-corrected chi connectivity index (χ0v) is 10.1. The zero-order chi connectivity index (χ0) is 13.4. The van der Waals surface area contributed by atoms with E-state index in [2.05, 4.69) is 19.9 Å². The second kappa shape index (κ2) is 4.16. The van der Waals surface area contributed by atoms with Crippen molar-refractivity contribution >= 4 is 23.7 Å². The van der Waals surface area contributed by atoms with Gasteiger partial charge in [-0.2, -0.15) is 0 Å². The number of hydrogen-bond acceptors (Lipinski definition) is 4. The highest BCUT2D eigenvalue weighted by atomic mass is 16.1. The van der Waals surface area contributed by atoms with Crippen LogP contribution in [0.4, 0.5) is 0 Å². The number of aromatic nitrogens is 4. The smallest absolute Gasteiger partial charge is 0.177 e. The first kappa shape index (κ1) is 11.3. The van der Waals surface area contributed by atoms with E-state index in [1.807, 2.05) is 6.07 Å². The Kier molecular flexibility index (Phi) is 2.49. The summed E-state index contributed by atoms with van der Waals surface area (Å²) in [7, 11) is 0. The van der Waals surface area contributed by atoms with Crippen molar-refractivity contribution in [3.05, 3.63) is 35.4 Å². The Morgan fingerprint density at radius 1 is 1.21 bits per heavy atom. The van der Waals surface area contributed by atoms with Crippen LogP contribution in [0.2, 0.25) is 0 Å². The van der Waals surface area contributed by atoms with Gasteiger partial charge in [-0.05, 0) is 18.6 Å². The summed E-state index contributed by atoms with van der Waals surface area (Å²) in [5.41, 5.74) is 4.23. The normalized spacial score (nSPS) is 10.8. The molecular formula is C13H10N4O2. The third kappa shape index (κ3) is 1.65. The quantitative estimate of drug-likeness (QED) is 0.698. The van der Waals surface area contributed by atoms with E-state index in [0.29, 0.717) is 34.4 Å². The topological polar surface area (TPSA) is 91.5 Å². The van der Waals surface area contributed by atoms with Gasteiger partial charge in [0.2, 0.25) is 0 Å². The van der Waals surface area contributed by atoms with E-state index in [4.69, 9.17) is 0 Å². The molecule has 3 rings (SSSR count). The van der Waals surface area contributed by atoms with E-state index >= 15 is 0 Å². The molecule has 0 saturated carbocycles. The van der Waals surface area contributed by atoms with Gasteiger partial charge in [-0.15, -0.1) is 0 Å². The van der Waals surface area contributed by atoms with E-state index in [9.17, 15) is 9.59 Å². The van der Waals surface area contributed by atoms with E-state index in [1.54, 1.807) is 19.4 Å². The Balaban J connectivity index is 2.25. The van der Waals surface area contributed by atoms with Crippen LogP contribution in [-0.4, -0.2) is 32.5 Å². The fourth-order valence-electron chi connectivity index (χ4n) is 2.09. The summed E-state index contributed by atoms with van der Waals surface area (Å²) in [6, 6.07) is 1.84. The van der Waals surface area contributed by atoms with Gasteiger partial charge in [0.15, 0.2) is 18.2 Å². The van der Waals surface area contributed by atoms with Crippen LogP contribution in [0, 0.1) is 6.92 Å². The molecule has 0 fully saturated rings. The minimum absolute atomic E-state index is 0.404. The number of hydrogen-bond donors (Lipinski definition) is 2. The third-order valence-electron chi connectivity index (χ3n) is 3.13. The summed E-state index contributed by atoms with van der Waals surface area (Å²) in [6.45, 7) is 1.73. The molecule has 19 heavy (non-hydrogen) atoms. The second-order valence-corrected chi connectivity index (χ2v) is 4.19. The molecule has 0 saturated heterocycles. The Labute approximate surface area is 107 Å². The number of aldehydes is 2. The lowest BCUT2D eigenvalue weighted by atomic mass is 10.1. The molecule has 0 aliphatic rings. The molecule has 2 N–H and O–H groups in total. The van der Waals surface area contributed by atoms with Crippen molar-refractivity contribution in [2.45, 2.75) is 6.92 Å². The number of H-pyrrole nitrogens is 2. The van der Waals surface area contributed by atoms with Gasteiger partial charge in [0, 0.05) is 17.3 Å². The summed E-state index contributed by atoms with van der Waals surface area (Å²) >= 11 is 0. The Bertz CT molecular complexity index is 785. The predicted molar refractivity (Wildman–Crippen MR) is 69.2 cm³/mol. The van der Waals surface area contributed by atoms with Gasteiger partial charge in [0.25, 0.3) is 0 Å². The van der Waals surface area contributed by atoms with Crippen molar-refractivity contribution in [3.8, 4) is 11.3 Å². The van der Waals surface area contributed by atoms with Crippen LogP contribution < -0.4 is 0 Å². The molecule has 3 aromatic rings. The minimum atomic E-state index is 0.404. The molecule has 0 aromatic carbocycles. The molecule has 0 bridgehead atoms. The van der Waals surface area contributed by atoms with Crippen LogP contribution >= 0.6 is 0 Å². The zero-order valence-electron chi connectivity index (χ0n) is 10.1. The molecule has 0 radical (unpaired) electrons. The van der Waals surface area contributed by atoms with Crippen molar-refractivity contribution in [2.75, 3.05) is 0 Å². The summed E-state index contributed by atoms with van der Waals surface area (Å²) in [6.07, 6.45) is 4.62. The molecule has 0 spiro atoms. The lowest BCUT2D eigenvalue weighted by molar-refractivity contribution is 0.111. The summed E-state index contributed by atoms with van der Waals surface area (Å²) < 4.78 is 0. The SMILES string of the molecule is Cc1c(C=O)[nH]c(-c2cnc3nc[nH]c3c2)c1C=O. The van der Waals surface area contributed by atoms with Crippen molar-refractivity contribution in [3.63, 3.8) is 0 Å². The van der Waals surface area contributed by atoms with Gasteiger partial charge >= 0.3 is 0 Å². The molecule has 0 amide bonds. The highest BCUT2D eigenvalue weighted by Crippen LogP contribution is 2.26. The number of pyridine rings is 1. The van der Waals surface area contributed by atoms with E-state index in [-0.39, 0.29) is 0 Å². The Morgan fingerprint density at radius 3 is 2.79 bits per heavy atom. The van der Waals surface area contributed by atoms with Crippen molar-refractivity contribution in [1.29, 1.82) is 0 Å². The molecule has 3 heterocycles. The van der Waals surface area contributed by atoms with Crippen molar-refractivity contribution in [2.24, 2.45) is 0 Å². The van der Waals surface area contributed by atoms with Crippen LogP contribution in [-0.2, 0) is 0 Å². The third-order valence-corrected chi connectivity index (χ3v) is 3.13. The number of carbonyl (C=O) groups is 2. The van der Waals surface area contributed by atoms with Crippen molar-refractivity contribution in [1.82, 2.24) is 19.9 Å². The molecule has 94 valence electrons. The molecule has 0 unspecified atom stereocenters. The highest BCUT2D eigenvalue weighted by Gasteiger charge is 2.15. The summed E-state index contributed by atoms with van der Waals surface area (Å²) in [5, 5.41) is 0. The monoisotopic (exact) mass is 254 g/mol. The number of rotatable bonds is 3. The first-order valence-electron chi connectivity index (χ1n) is 5.67. The maximum atomic E-state index is 11.2. The van der Waals surface area contributed by atoms with Gasteiger partial charge in [0.1, 0.15) is 0 Å². The van der Waals surface area contributed by atoms with Gasteiger partial charge in [0.05, 0.1) is 23.2 Å². The lowest BCUT2D eigenvalue weighted by Gasteiger charge is -1.99. The van der Waals surface area contributed by atoms with Crippen LogP contribution in [0.3, 0.4) is 0 Å². The van der Waals surface area contributed by atoms with Crippen LogP contribution in [0.1, 0.15) is 26.4 Å². The van der Waals surface area contributed by atoms with E-state index in [1.165, 1.54) is 0 Å². The standard InChI is InChI=1S/C13H10N4O2/c1-7-9(4-18)12(17-11(7)5-19)8-2-10-13(14-3-8)16-6-15-10/h2-6,17H,1H3,(H,14,15,16). The fourth-order valence-corrected chi connectivity index (χ4v) is 2.09. The number of carbonyl (C=O) groups excluding carboxylic acids is 2. The van der Waals surface area contributed by atoms with Crippen LogP contribution in [0.25, 0.3) is 22.4 Å². The average molecular weight is 254 g/mol. The van der Waals surface area contributed by atoms with Crippen molar-refractivity contribution < 1.29 is 9.59 Å². The molecule has 0 aliphatic heterocycles. The van der Waals surface area contributed by atoms with E-state index < -0.39 is 0 Å². The Morgan fingerprint density at radius 2 is 2.05 bits per heavy atom. The van der Waals surface area contributed by atoms with Gasteiger partial charge < -0.3 is 9.97 Å². The fraction of sp³-hybridized carbons (Fsp3) is 0.0769. The predicted octanol–water partition coefficient (Wildman–Crippen LogP) is 1.89. The van der Waals surface area contributed by atoms with Gasteiger partial charge in [-0.1, -0.05) is 0 Å². The molecule has 6 nitrogen and oxygen atoms in total. The minimum Gasteiger partial charge on any atom is -0.351 e. The number of imidazole rings is 1. The van der Waals surface area contributed by atoms with Crippen LogP contribution in [0.5, 0.6) is 0 Å². The number of fused-ring (bicyclic) bond motifs is 1. The first-order chi connectivity index (χ1) is 9.24. The van der Waals surface area contributed by atoms with Gasteiger partial charge in [-0.3, -0.25) is 9.59 Å². The molecule has 6 heteroatoms. The largest absolute Gasteiger partial charge is 0.351 e. The number of aromatic amines is 2. The lowest BCUT2D eigenvalue weighted by Crippen LogP contribution is -1.87. The van der Waals surface area contributed by atoms with Crippen LogP contribution in [0.15, 0.2) is 18.6 Å². The molecule has 0 atom stereocenters. The highest BCUT2D eigenvalue weighted by molar-refractivity contribution is 5.94. The summed E-state index contributed by atoms with van der Waals surface area (Å²) in [4.78, 5) is 36.3. The second-order valence-electron chi connectivity index (χ2n) is 4.19. The Hall–Kier alpha value is -2.76. The molecular weight excluding hydrogens is 244 g/mol.